The first-order valence-electron chi connectivity index (χ1n) is 3.84. The maximum atomic E-state index is 11.4. The number of rotatable bonds is 4. The number of aromatic nitrogens is 2. The highest BCUT2D eigenvalue weighted by molar-refractivity contribution is 8.08. The number of hydrogen-bond donors (Lipinski definition) is 1. The average Bonchev–Trinajstić information content (AvgIpc) is 2.04. The summed E-state index contributed by atoms with van der Waals surface area (Å²) in [6, 6.07) is 0. The van der Waals surface area contributed by atoms with Crippen LogP contribution in [0.5, 0.6) is 0 Å². The molecule has 0 saturated carbocycles. The molecule has 1 aromatic rings. The predicted molar refractivity (Wildman–Crippen MR) is 59.3 cm³/mol. The second kappa shape index (κ2) is 4.52. The van der Waals surface area contributed by atoms with Crippen molar-refractivity contribution in [1.82, 2.24) is 9.97 Å². The van der Waals surface area contributed by atoms with Crippen LogP contribution in [0.4, 0.5) is 5.82 Å². The van der Waals surface area contributed by atoms with Crippen LogP contribution in [-0.2, 0) is 19.9 Å². The van der Waals surface area contributed by atoms with Crippen LogP contribution in [0.3, 0.4) is 0 Å². The lowest BCUT2D eigenvalue weighted by Crippen LogP contribution is -2.23. The molecule has 0 atom stereocenters. The van der Waals surface area contributed by atoms with Gasteiger partial charge in [0.2, 0.25) is 10.0 Å². The number of nitrogens with zero attached hydrogens (tertiary/aromatic N) is 2. The van der Waals surface area contributed by atoms with Crippen molar-refractivity contribution in [2.45, 2.75) is 0 Å². The molecule has 0 unspecified atom stereocenters. The van der Waals surface area contributed by atoms with Crippen LogP contribution in [0.2, 0.25) is 5.15 Å². The number of sulfone groups is 1. The molecule has 1 heterocycles. The Kier molecular flexibility index (Phi) is 3.71. The topological polar surface area (TPSA) is 106 Å². The van der Waals surface area contributed by atoms with E-state index in [9.17, 15) is 16.8 Å². The molecule has 0 saturated heterocycles. The molecule has 0 bridgehead atoms. The van der Waals surface area contributed by atoms with Crippen LogP contribution >= 0.6 is 11.6 Å². The molecule has 0 aromatic carbocycles. The smallest absolute Gasteiger partial charge is 0.248 e. The first-order chi connectivity index (χ1) is 7.20. The molecule has 1 rings (SSSR count). The summed E-state index contributed by atoms with van der Waals surface area (Å²) >= 11 is 5.55. The van der Waals surface area contributed by atoms with Crippen LogP contribution in [0, 0.1) is 0 Å². The zero-order chi connectivity index (χ0) is 12.4. The lowest BCUT2D eigenvalue weighted by Gasteiger charge is -2.06. The summed E-state index contributed by atoms with van der Waals surface area (Å²) in [5.74, 6) is -0.201. The minimum absolute atomic E-state index is 0.153. The van der Waals surface area contributed by atoms with E-state index in [1.165, 1.54) is 12.4 Å². The van der Waals surface area contributed by atoms with Gasteiger partial charge in [-0.25, -0.2) is 26.8 Å². The van der Waals surface area contributed by atoms with Gasteiger partial charge in [-0.05, 0) is 0 Å². The van der Waals surface area contributed by atoms with E-state index in [0.29, 0.717) is 0 Å². The Bertz CT molecular complexity index is 584. The molecule has 0 aliphatic rings. The fraction of sp³-hybridized carbons (Fsp3) is 0.333. The third-order valence-corrected chi connectivity index (χ3v) is 5.01. The van der Waals surface area contributed by atoms with E-state index in [2.05, 4.69) is 9.97 Å². The molecule has 10 heteroatoms. The van der Waals surface area contributed by atoms with Crippen molar-refractivity contribution in [2.24, 2.45) is 0 Å². The zero-order valence-electron chi connectivity index (χ0n) is 8.08. The van der Waals surface area contributed by atoms with Gasteiger partial charge in [0.15, 0.2) is 25.9 Å². The third-order valence-electron chi connectivity index (χ3n) is 1.27. The molecule has 0 aliphatic heterocycles. The maximum Gasteiger partial charge on any atom is 0.248 e. The molecule has 90 valence electrons. The molecule has 1 aromatic heterocycles. The van der Waals surface area contributed by atoms with Gasteiger partial charge >= 0.3 is 0 Å². The van der Waals surface area contributed by atoms with Gasteiger partial charge in [0.1, 0.15) is 0 Å². The van der Waals surface area contributed by atoms with Gasteiger partial charge in [-0.1, -0.05) is 11.6 Å². The lowest BCUT2D eigenvalue weighted by molar-refractivity contribution is 0.594. The Morgan fingerprint density at radius 3 is 2.31 bits per heavy atom. The summed E-state index contributed by atoms with van der Waals surface area (Å²) in [6.45, 7) is 0. The Labute approximate surface area is 97.8 Å². The van der Waals surface area contributed by atoms with Crippen molar-refractivity contribution in [1.29, 1.82) is 0 Å². The van der Waals surface area contributed by atoms with E-state index in [0.717, 1.165) is 6.26 Å². The van der Waals surface area contributed by atoms with Crippen LogP contribution in [0.1, 0.15) is 0 Å². The highest BCUT2D eigenvalue weighted by atomic mass is 35.5. The average molecular weight is 286 g/mol. The number of halogens is 1. The van der Waals surface area contributed by atoms with Crippen LogP contribution in [0.15, 0.2) is 12.4 Å². The number of nitrogens with one attached hydrogen (secondary N) is 1. The van der Waals surface area contributed by atoms with Crippen molar-refractivity contribution in [3.05, 3.63) is 17.5 Å². The van der Waals surface area contributed by atoms with E-state index >= 15 is 0 Å². The second-order valence-electron chi connectivity index (χ2n) is 2.96. The Morgan fingerprint density at radius 2 is 1.81 bits per heavy atom. The molecule has 0 radical (unpaired) electrons. The zero-order valence-corrected chi connectivity index (χ0v) is 10.5. The van der Waals surface area contributed by atoms with Gasteiger partial charge < -0.3 is 0 Å². The van der Waals surface area contributed by atoms with Gasteiger partial charge in [0.25, 0.3) is 0 Å². The SMILES string of the molecule is CS(=O)(=O)CS(=O)(=O)Nc1nccnc1Cl. The Balaban J connectivity index is 2.95. The van der Waals surface area contributed by atoms with Gasteiger partial charge in [-0.3, -0.25) is 4.72 Å². The van der Waals surface area contributed by atoms with Gasteiger partial charge in [-0.2, -0.15) is 0 Å². The molecule has 16 heavy (non-hydrogen) atoms. The first kappa shape index (κ1) is 13.1. The fourth-order valence-electron chi connectivity index (χ4n) is 0.848. The number of anilines is 1. The molecular weight excluding hydrogens is 278 g/mol. The maximum absolute atomic E-state index is 11.4. The largest absolute Gasteiger partial charge is 0.264 e. The van der Waals surface area contributed by atoms with E-state index < -0.39 is 24.9 Å². The quantitative estimate of drug-likeness (QED) is 0.826. The van der Waals surface area contributed by atoms with Crippen molar-refractivity contribution in [3.63, 3.8) is 0 Å². The summed E-state index contributed by atoms with van der Waals surface area (Å²) in [5, 5.41) is -1.19. The van der Waals surface area contributed by atoms with E-state index in [1.54, 1.807) is 0 Å². The minimum atomic E-state index is -4.04. The van der Waals surface area contributed by atoms with Crippen molar-refractivity contribution in [3.8, 4) is 0 Å². The van der Waals surface area contributed by atoms with Crippen LogP contribution < -0.4 is 4.72 Å². The first-order valence-corrected chi connectivity index (χ1v) is 7.93. The standard InChI is InChI=1S/C6H8ClN3O4S2/c1-15(11,12)4-16(13,14)10-6-5(7)8-2-3-9-6/h2-3H,4H2,1H3,(H,9,10). The second-order valence-corrected chi connectivity index (χ2v) is 7.54. The van der Waals surface area contributed by atoms with Crippen molar-refractivity contribution in [2.75, 3.05) is 16.1 Å². The summed E-state index contributed by atoms with van der Waals surface area (Å²) in [7, 11) is -7.70. The van der Waals surface area contributed by atoms with E-state index in [1.807, 2.05) is 4.72 Å². The number of hydrogen-bond acceptors (Lipinski definition) is 6. The van der Waals surface area contributed by atoms with Gasteiger partial charge in [-0.15, -0.1) is 0 Å². The molecule has 7 nitrogen and oxygen atoms in total. The highest BCUT2D eigenvalue weighted by Crippen LogP contribution is 2.15. The molecular formula is C6H8ClN3O4S2. The van der Waals surface area contributed by atoms with Crippen LogP contribution in [0.25, 0.3) is 0 Å². The van der Waals surface area contributed by atoms with Crippen LogP contribution in [-0.4, -0.2) is 38.1 Å². The summed E-state index contributed by atoms with van der Waals surface area (Å²) in [4.78, 5) is 7.20. The molecule has 0 aliphatic carbocycles. The van der Waals surface area contributed by atoms with Gasteiger partial charge in [0.05, 0.1) is 0 Å². The minimum Gasteiger partial charge on any atom is -0.264 e. The number of sulfonamides is 1. The van der Waals surface area contributed by atoms with Gasteiger partial charge in [0, 0.05) is 18.6 Å². The molecule has 1 N–H and O–H groups in total. The third kappa shape index (κ3) is 4.29. The highest BCUT2D eigenvalue weighted by Gasteiger charge is 2.19. The van der Waals surface area contributed by atoms with Crippen molar-refractivity contribution >= 4 is 37.3 Å². The Hall–Kier alpha value is -0.930. The monoisotopic (exact) mass is 285 g/mol. The molecule has 0 fully saturated rings. The summed E-state index contributed by atoms with van der Waals surface area (Å²) in [5.41, 5.74) is 0. The van der Waals surface area contributed by atoms with E-state index in [4.69, 9.17) is 11.6 Å². The summed E-state index contributed by atoms with van der Waals surface area (Å²) < 4.78 is 46.3. The fourth-order valence-corrected chi connectivity index (χ4v) is 3.99. The molecule has 0 spiro atoms. The lowest BCUT2D eigenvalue weighted by atomic mass is 10.7. The normalized spacial score (nSPS) is 12.4. The Morgan fingerprint density at radius 1 is 1.25 bits per heavy atom. The molecule has 0 amide bonds. The van der Waals surface area contributed by atoms with Crippen molar-refractivity contribution < 1.29 is 16.8 Å². The summed E-state index contributed by atoms with van der Waals surface area (Å²) in [6.07, 6.45) is 3.31. The van der Waals surface area contributed by atoms with E-state index in [-0.39, 0.29) is 11.0 Å². The predicted octanol–water partition coefficient (Wildman–Crippen LogP) is -0.126.